The van der Waals surface area contributed by atoms with Gasteiger partial charge >= 0.3 is 11.9 Å². The van der Waals surface area contributed by atoms with Crippen molar-refractivity contribution in [3.63, 3.8) is 0 Å². The quantitative estimate of drug-likeness (QED) is 0.788. The van der Waals surface area contributed by atoms with Gasteiger partial charge < -0.3 is 14.2 Å². The Morgan fingerprint density at radius 1 is 0.900 bits per heavy atom. The minimum absolute atomic E-state index is 0.162. The van der Waals surface area contributed by atoms with Gasteiger partial charge in [0, 0.05) is 0 Å². The first-order chi connectivity index (χ1) is 9.62. The average Bonchev–Trinajstić information content (AvgIpc) is 3.20. The zero-order valence-corrected chi connectivity index (χ0v) is 11.3. The maximum absolute atomic E-state index is 11.5. The molecule has 0 bridgehead atoms. The summed E-state index contributed by atoms with van der Waals surface area (Å²) in [5.41, 5.74) is 0.923. The van der Waals surface area contributed by atoms with Gasteiger partial charge in [-0.05, 0) is 24.3 Å². The minimum atomic E-state index is -0.599. The first-order valence-corrected chi connectivity index (χ1v) is 5.76. The molecule has 2 rings (SSSR count). The second kappa shape index (κ2) is 5.56. The third kappa shape index (κ3) is 2.54. The van der Waals surface area contributed by atoms with Crippen molar-refractivity contribution in [1.29, 1.82) is 0 Å². The second-order valence-electron chi connectivity index (χ2n) is 3.89. The zero-order chi connectivity index (χ0) is 14.7. The summed E-state index contributed by atoms with van der Waals surface area (Å²) in [6, 6.07) is 6.90. The Kier molecular flexibility index (Phi) is 3.84. The summed E-state index contributed by atoms with van der Waals surface area (Å²) < 4.78 is 14.2. The van der Waals surface area contributed by atoms with Gasteiger partial charge in [0.2, 0.25) is 0 Å². The highest BCUT2D eigenvalue weighted by Crippen LogP contribution is 2.20. The second-order valence-corrected chi connectivity index (χ2v) is 3.89. The van der Waals surface area contributed by atoms with Crippen LogP contribution < -0.4 is 10.1 Å². The highest BCUT2D eigenvalue weighted by Gasteiger charge is 2.33. The number of ether oxygens (including phenoxy) is 3. The minimum Gasteiger partial charge on any atom is -0.497 e. The Balaban J connectivity index is 2.37. The van der Waals surface area contributed by atoms with E-state index in [9.17, 15) is 9.59 Å². The maximum Gasteiger partial charge on any atom is 0.341 e. The van der Waals surface area contributed by atoms with Crippen LogP contribution >= 0.6 is 0 Å². The third-order valence-corrected chi connectivity index (χ3v) is 2.75. The van der Waals surface area contributed by atoms with E-state index in [-0.39, 0.29) is 11.1 Å². The Morgan fingerprint density at radius 3 is 1.80 bits per heavy atom. The third-order valence-electron chi connectivity index (χ3n) is 2.75. The molecule has 6 nitrogen and oxygen atoms in total. The fourth-order valence-electron chi connectivity index (χ4n) is 1.68. The van der Waals surface area contributed by atoms with E-state index in [1.807, 2.05) is 0 Å². The molecule has 0 aromatic heterocycles. The molecule has 6 heteroatoms. The van der Waals surface area contributed by atoms with Gasteiger partial charge in [-0.3, -0.25) is 0 Å². The lowest BCUT2D eigenvalue weighted by molar-refractivity contribution is 0.0570. The molecule has 0 aliphatic heterocycles. The highest BCUT2D eigenvalue weighted by molar-refractivity contribution is 6.09. The normalized spacial score (nSPS) is 10.2. The Labute approximate surface area is 115 Å². The van der Waals surface area contributed by atoms with Crippen LogP contribution in [-0.4, -0.2) is 33.3 Å². The fourth-order valence-corrected chi connectivity index (χ4v) is 1.68. The van der Waals surface area contributed by atoms with Crippen molar-refractivity contribution in [3.8, 4) is 5.75 Å². The first-order valence-electron chi connectivity index (χ1n) is 5.76. The molecular weight excluding hydrogens is 262 g/mol. The first kappa shape index (κ1) is 13.8. The molecule has 0 saturated carbocycles. The molecule has 0 atom stereocenters. The Morgan fingerprint density at radius 2 is 1.40 bits per heavy atom. The van der Waals surface area contributed by atoms with Crippen molar-refractivity contribution < 1.29 is 23.8 Å². The molecule has 0 aliphatic rings. The van der Waals surface area contributed by atoms with Crippen LogP contribution in [0, 0.1) is 0 Å². The van der Waals surface area contributed by atoms with Crippen LogP contribution in [0.4, 0.5) is 5.69 Å². The number of carbonyl (C=O) groups is 2. The number of benzene rings is 1. The largest absolute Gasteiger partial charge is 0.497 e. The fraction of sp³-hybridized carbons (Fsp3) is 0.214. The topological polar surface area (TPSA) is 74.2 Å². The maximum atomic E-state index is 11.5. The SMILES string of the molecule is COC(=O)c1c(C(=O)OC)c1=Nc1ccc(OC)cc1. The van der Waals surface area contributed by atoms with Gasteiger partial charge in [-0.15, -0.1) is 0 Å². The molecule has 20 heavy (non-hydrogen) atoms. The number of rotatable bonds is 4. The van der Waals surface area contributed by atoms with Crippen LogP contribution in [0.5, 0.6) is 5.75 Å². The van der Waals surface area contributed by atoms with E-state index in [1.165, 1.54) is 14.2 Å². The van der Waals surface area contributed by atoms with Crippen molar-refractivity contribution in [3.05, 3.63) is 40.7 Å². The number of hydrogen-bond acceptors (Lipinski definition) is 6. The number of hydrogen-bond donors (Lipinski definition) is 0. The van der Waals surface area contributed by atoms with E-state index in [0.29, 0.717) is 16.8 Å². The van der Waals surface area contributed by atoms with Crippen molar-refractivity contribution >= 4 is 17.6 Å². The molecule has 2 aromatic carbocycles. The van der Waals surface area contributed by atoms with Crippen LogP contribution in [0.3, 0.4) is 0 Å². The van der Waals surface area contributed by atoms with E-state index in [4.69, 9.17) is 4.74 Å². The standard InChI is InChI=1S/C14H13NO5/c1-18-9-6-4-8(5-7-9)15-12-10(13(16)19-2)11(12)14(17)20-3/h4-7H,1-3H3. The van der Waals surface area contributed by atoms with E-state index >= 15 is 0 Å². The van der Waals surface area contributed by atoms with Gasteiger partial charge in [-0.2, -0.15) is 0 Å². The van der Waals surface area contributed by atoms with Gasteiger partial charge in [0.15, 0.2) is 0 Å². The van der Waals surface area contributed by atoms with Crippen LogP contribution in [0.25, 0.3) is 0 Å². The molecular formula is C14H13NO5. The number of carbonyl (C=O) groups excluding carboxylic acids is 2. The van der Waals surface area contributed by atoms with Crippen LogP contribution in [0.1, 0.15) is 20.7 Å². The summed E-state index contributed by atoms with van der Waals surface area (Å²) >= 11 is 0. The van der Waals surface area contributed by atoms with E-state index in [1.54, 1.807) is 31.4 Å². The molecule has 0 saturated heterocycles. The molecule has 104 valence electrons. The molecule has 0 fully saturated rings. The molecule has 0 aliphatic carbocycles. The predicted octanol–water partition coefficient (Wildman–Crippen LogP) is 1.38. The lowest BCUT2D eigenvalue weighted by Gasteiger charge is -1.97. The number of esters is 2. The van der Waals surface area contributed by atoms with E-state index in [0.717, 1.165) is 0 Å². The van der Waals surface area contributed by atoms with Crippen molar-refractivity contribution in [2.75, 3.05) is 21.3 Å². The number of nitrogens with zero attached hydrogens (tertiary/aromatic N) is 1. The van der Waals surface area contributed by atoms with Gasteiger partial charge in [-0.1, -0.05) is 0 Å². The summed E-state index contributed by atoms with van der Waals surface area (Å²) in [5.74, 6) is -0.505. The summed E-state index contributed by atoms with van der Waals surface area (Å²) in [6.07, 6.45) is 0. The highest BCUT2D eigenvalue weighted by atomic mass is 16.5. The van der Waals surface area contributed by atoms with Crippen LogP contribution in [0.2, 0.25) is 0 Å². The van der Waals surface area contributed by atoms with Crippen molar-refractivity contribution in [2.45, 2.75) is 0 Å². The lowest BCUT2D eigenvalue weighted by atomic mass is 10.3. The molecule has 0 N–H and O–H groups in total. The Hall–Kier alpha value is -2.63. The van der Waals surface area contributed by atoms with E-state index in [2.05, 4.69) is 14.5 Å². The van der Waals surface area contributed by atoms with Crippen LogP contribution in [-0.2, 0) is 9.47 Å². The molecule has 0 heterocycles. The van der Waals surface area contributed by atoms with Gasteiger partial charge in [0.25, 0.3) is 0 Å². The summed E-state index contributed by atoms with van der Waals surface area (Å²) in [7, 11) is 4.05. The molecule has 0 radical (unpaired) electrons. The van der Waals surface area contributed by atoms with Crippen LogP contribution in [0.15, 0.2) is 29.3 Å². The Bertz CT molecular complexity index is 631. The smallest absolute Gasteiger partial charge is 0.341 e. The van der Waals surface area contributed by atoms with Gasteiger partial charge in [-0.25, -0.2) is 14.6 Å². The summed E-state index contributed by atoms with van der Waals surface area (Å²) in [6.45, 7) is 0. The zero-order valence-electron chi connectivity index (χ0n) is 11.3. The predicted molar refractivity (Wildman–Crippen MR) is 69.7 cm³/mol. The molecule has 0 spiro atoms. The summed E-state index contributed by atoms with van der Waals surface area (Å²) in [5, 5.41) is 0.300. The van der Waals surface area contributed by atoms with Gasteiger partial charge in [0.1, 0.15) is 16.9 Å². The molecule has 0 amide bonds. The van der Waals surface area contributed by atoms with E-state index < -0.39 is 11.9 Å². The summed E-state index contributed by atoms with van der Waals surface area (Å²) in [4.78, 5) is 27.3. The van der Waals surface area contributed by atoms with Gasteiger partial charge in [0.05, 0.1) is 32.4 Å². The lowest BCUT2D eigenvalue weighted by Crippen LogP contribution is -2.00. The molecule has 0 unspecified atom stereocenters. The van der Waals surface area contributed by atoms with Crippen molar-refractivity contribution in [2.24, 2.45) is 4.99 Å². The monoisotopic (exact) mass is 275 g/mol. The average molecular weight is 275 g/mol. The number of methoxy groups -OCH3 is 3. The van der Waals surface area contributed by atoms with Crippen molar-refractivity contribution in [1.82, 2.24) is 0 Å². The molecule has 2 aromatic rings.